The van der Waals surface area contributed by atoms with Crippen LogP contribution in [0.25, 0.3) is 0 Å². The van der Waals surface area contributed by atoms with Crippen molar-refractivity contribution in [2.24, 2.45) is 5.92 Å². The third kappa shape index (κ3) is 5.74. The van der Waals surface area contributed by atoms with E-state index in [-0.39, 0.29) is 24.1 Å². The molecule has 19 heavy (non-hydrogen) atoms. The second-order valence-corrected chi connectivity index (χ2v) is 4.83. The maximum Gasteiger partial charge on any atom is 0.315 e. The largest absolute Gasteiger partial charge is 0.481 e. The first-order valence-corrected chi connectivity index (χ1v) is 6.52. The van der Waals surface area contributed by atoms with Crippen molar-refractivity contribution in [1.82, 2.24) is 10.6 Å². The standard InChI is InChI=1S/C13H22N2O4/c1-3-6-19-9(2)8-14-13(18)15-11-5-4-10(7-11)12(16)17/h3,9-11H,1,4-8H2,2H3,(H,16,17)(H2,14,15,18)/t9?,10-,11+/m1/s1. The van der Waals surface area contributed by atoms with Gasteiger partial charge < -0.3 is 20.5 Å². The van der Waals surface area contributed by atoms with Crippen LogP contribution in [0.2, 0.25) is 0 Å². The lowest BCUT2D eigenvalue weighted by Gasteiger charge is -2.16. The zero-order valence-electron chi connectivity index (χ0n) is 11.2. The van der Waals surface area contributed by atoms with Gasteiger partial charge in [0.15, 0.2) is 0 Å². The van der Waals surface area contributed by atoms with Crippen molar-refractivity contribution in [3.63, 3.8) is 0 Å². The Bertz CT molecular complexity index is 333. The third-order valence-electron chi connectivity index (χ3n) is 3.17. The Morgan fingerprint density at radius 2 is 2.26 bits per heavy atom. The topological polar surface area (TPSA) is 87.7 Å². The minimum Gasteiger partial charge on any atom is -0.481 e. The second kappa shape index (κ2) is 7.78. The van der Waals surface area contributed by atoms with Crippen LogP contribution in [0.3, 0.4) is 0 Å². The Hall–Kier alpha value is -1.56. The number of carbonyl (C=O) groups is 2. The van der Waals surface area contributed by atoms with Gasteiger partial charge in [0.2, 0.25) is 0 Å². The van der Waals surface area contributed by atoms with Crippen molar-refractivity contribution in [2.75, 3.05) is 13.2 Å². The van der Waals surface area contributed by atoms with Crippen LogP contribution >= 0.6 is 0 Å². The molecule has 108 valence electrons. The summed E-state index contributed by atoms with van der Waals surface area (Å²) in [6.45, 7) is 6.27. The number of aliphatic carboxylic acids is 1. The number of carbonyl (C=O) groups excluding carboxylic acids is 1. The first-order chi connectivity index (χ1) is 9.02. The van der Waals surface area contributed by atoms with E-state index in [0.29, 0.717) is 32.4 Å². The molecule has 2 amide bonds. The maximum absolute atomic E-state index is 11.6. The van der Waals surface area contributed by atoms with E-state index < -0.39 is 5.97 Å². The van der Waals surface area contributed by atoms with Crippen molar-refractivity contribution in [3.8, 4) is 0 Å². The zero-order valence-corrected chi connectivity index (χ0v) is 11.2. The molecule has 0 aromatic carbocycles. The molecular weight excluding hydrogens is 248 g/mol. The molecular formula is C13H22N2O4. The molecule has 3 N–H and O–H groups in total. The molecule has 1 aliphatic rings. The van der Waals surface area contributed by atoms with Gasteiger partial charge in [0.1, 0.15) is 0 Å². The first-order valence-electron chi connectivity index (χ1n) is 6.52. The lowest BCUT2D eigenvalue weighted by molar-refractivity contribution is -0.141. The highest BCUT2D eigenvalue weighted by molar-refractivity contribution is 5.75. The fourth-order valence-electron chi connectivity index (χ4n) is 2.10. The highest BCUT2D eigenvalue weighted by Gasteiger charge is 2.30. The van der Waals surface area contributed by atoms with E-state index in [0.717, 1.165) is 0 Å². The second-order valence-electron chi connectivity index (χ2n) is 4.83. The number of carboxylic acid groups (broad SMARTS) is 1. The molecule has 1 unspecified atom stereocenters. The van der Waals surface area contributed by atoms with Gasteiger partial charge in [-0.3, -0.25) is 4.79 Å². The van der Waals surface area contributed by atoms with Gasteiger partial charge in [0.05, 0.1) is 18.6 Å². The van der Waals surface area contributed by atoms with Crippen molar-refractivity contribution in [3.05, 3.63) is 12.7 Å². The normalized spacial score (nSPS) is 23.6. The lowest BCUT2D eigenvalue weighted by atomic mass is 10.1. The number of nitrogens with one attached hydrogen (secondary N) is 2. The van der Waals surface area contributed by atoms with Gasteiger partial charge >= 0.3 is 12.0 Å². The number of carboxylic acids is 1. The summed E-state index contributed by atoms with van der Waals surface area (Å²) in [5, 5.41) is 14.4. The van der Waals surface area contributed by atoms with Gasteiger partial charge in [0.25, 0.3) is 0 Å². The van der Waals surface area contributed by atoms with Crippen molar-refractivity contribution in [2.45, 2.75) is 38.3 Å². The van der Waals surface area contributed by atoms with Crippen LogP contribution in [0.1, 0.15) is 26.2 Å². The van der Waals surface area contributed by atoms with E-state index in [1.807, 2.05) is 6.92 Å². The molecule has 0 bridgehead atoms. The molecule has 0 aromatic rings. The van der Waals surface area contributed by atoms with Gasteiger partial charge in [-0.05, 0) is 26.2 Å². The van der Waals surface area contributed by atoms with Gasteiger partial charge in [-0.25, -0.2) is 4.79 Å². The number of hydrogen-bond acceptors (Lipinski definition) is 3. The molecule has 1 rings (SSSR count). The average molecular weight is 270 g/mol. The minimum atomic E-state index is -0.781. The molecule has 0 heterocycles. The third-order valence-corrected chi connectivity index (χ3v) is 3.17. The Morgan fingerprint density at radius 3 is 2.84 bits per heavy atom. The van der Waals surface area contributed by atoms with Gasteiger partial charge in [0, 0.05) is 12.6 Å². The molecule has 6 nitrogen and oxygen atoms in total. The number of hydrogen-bond donors (Lipinski definition) is 3. The van der Waals surface area contributed by atoms with E-state index in [1.54, 1.807) is 6.08 Å². The summed E-state index contributed by atoms with van der Waals surface area (Å²) in [7, 11) is 0. The van der Waals surface area contributed by atoms with Crippen molar-refractivity contribution >= 4 is 12.0 Å². The highest BCUT2D eigenvalue weighted by atomic mass is 16.5. The van der Waals surface area contributed by atoms with E-state index >= 15 is 0 Å². The van der Waals surface area contributed by atoms with Crippen LogP contribution in [-0.2, 0) is 9.53 Å². The van der Waals surface area contributed by atoms with Crippen LogP contribution in [0.15, 0.2) is 12.7 Å². The molecule has 1 fully saturated rings. The van der Waals surface area contributed by atoms with E-state index in [9.17, 15) is 9.59 Å². The summed E-state index contributed by atoms with van der Waals surface area (Å²) in [5.41, 5.74) is 0. The molecule has 1 saturated carbocycles. The fraction of sp³-hybridized carbons (Fsp3) is 0.692. The summed E-state index contributed by atoms with van der Waals surface area (Å²) < 4.78 is 5.32. The van der Waals surface area contributed by atoms with Crippen LogP contribution in [0, 0.1) is 5.92 Å². The Labute approximate surface area is 113 Å². The number of urea groups is 1. The molecule has 6 heteroatoms. The fourth-order valence-corrected chi connectivity index (χ4v) is 2.10. The average Bonchev–Trinajstić information content (AvgIpc) is 2.82. The number of amides is 2. The number of ether oxygens (including phenoxy) is 1. The summed E-state index contributed by atoms with van der Waals surface area (Å²) in [4.78, 5) is 22.4. The van der Waals surface area contributed by atoms with Gasteiger partial charge in [-0.15, -0.1) is 6.58 Å². The quantitative estimate of drug-likeness (QED) is 0.605. The molecule has 0 aromatic heterocycles. The molecule has 0 saturated heterocycles. The zero-order chi connectivity index (χ0) is 14.3. The first kappa shape index (κ1) is 15.5. The summed E-state index contributed by atoms with van der Waals surface area (Å²) in [5.74, 6) is -1.11. The Kier molecular flexibility index (Phi) is 6.35. The van der Waals surface area contributed by atoms with Gasteiger partial charge in [-0.1, -0.05) is 6.08 Å². The van der Waals surface area contributed by atoms with E-state index in [2.05, 4.69) is 17.2 Å². The SMILES string of the molecule is C=CCOC(C)CNC(=O)N[C@H]1CC[C@@H](C(=O)O)C1. The smallest absolute Gasteiger partial charge is 0.315 e. The summed E-state index contributed by atoms with van der Waals surface area (Å²) in [6.07, 6.45) is 3.41. The highest BCUT2D eigenvalue weighted by Crippen LogP contribution is 2.25. The van der Waals surface area contributed by atoms with E-state index in [1.165, 1.54) is 0 Å². The van der Waals surface area contributed by atoms with Crippen LogP contribution < -0.4 is 10.6 Å². The van der Waals surface area contributed by atoms with Crippen molar-refractivity contribution < 1.29 is 19.4 Å². The van der Waals surface area contributed by atoms with Crippen LogP contribution in [0.4, 0.5) is 4.79 Å². The molecule has 0 radical (unpaired) electrons. The molecule has 3 atom stereocenters. The van der Waals surface area contributed by atoms with Crippen LogP contribution in [0.5, 0.6) is 0 Å². The molecule has 0 spiro atoms. The summed E-state index contributed by atoms with van der Waals surface area (Å²) in [6, 6.07) is -0.324. The van der Waals surface area contributed by atoms with Gasteiger partial charge in [-0.2, -0.15) is 0 Å². The molecule has 1 aliphatic carbocycles. The maximum atomic E-state index is 11.6. The monoisotopic (exact) mass is 270 g/mol. The molecule has 0 aliphatic heterocycles. The predicted molar refractivity (Wildman–Crippen MR) is 70.9 cm³/mol. The van der Waals surface area contributed by atoms with E-state index in [4.69, 9.17) is 9.84 Å². The minimum absolute atomic E-state index is 0.0505. The predicted octanol–water partition coefficient (Wildman–Crippen LogP) is 1.13. The number of rotatable bonds is 7. The van der Waals surface area contributed by atoms with Crippen LogP contribution in [-0.4, -0.2) is 42.4 Å². The Morgan fingerprint density at radius 1 is 1.53 bits per heavy atom. The lowest BCUT2D eigenvalue weighted by Crippen LogP contribution is -2.43. The Balaban J connectivity index is 2.18. The summed E-state index contributed by atoms with van der Waals surface area (Å²) >= 11 is 0. The van der Waals surface area contributed by atoms with Crippen molar-refractivity contribution in [1.29, 1.82) is 0 Å².